The molecule has 0 spiro atoms. The average Bonchev–Trinajstić information content (AvgIpc) is 3.63. The molecule has 2 aliphatic carbocycles. The number of rotatable bonds is 8. The van der Waals surface area contributed by atoms with E-state index < -0.39 is 0 Å². The molecule has 3 aromatic rings. The van der Waals surface area contributed by atoms with Gasteiger partial charge in [0.05, 0.1) is 11.1 Å². The molecule has 0 aromatic carbocycles. The molecule has 0 unspecified atom stereocenters. The minimum atomic E-state index is -0.00409. The van der Waals surface area contributed by atoms with Crippen LogP contribution in [-0.4, -0.2) is 24.7 Å². The molecule has 29 heavy (non-hydrogen) atoms. The molecular formula is C21H27N5OS2. The monoisotopic (exact) mass is 429 g/mol. The molecule has 2 fully saturated rings. The first kappa shape index (κ1) is 19.3. The van der Waals surface area contributed by atoms with Crippen molar-refractivity contribution in [1.29, 1.82) is 0 Å². The number of aryl methyl sites for hydroxylation is 1. The quantitative estimate of drug-likeness (QED) is 0.511. The van der Waals surface area contributed by atoms with Crippen molar-refractivity contribution in [3.8, 4) is 0 Å². The predicted molar refractivity (Wildman–Crippen MR) is 118 cm³/mol. The van der Waals surface area contributed by atoms with Gasteiger partial charge in [-0.1, -0.05) is 32.0 Å². The number of thiophene rings is 1. The summed E-state index contributed by atoms with van der Waals surface area (Å²) in [6.45, 7) is 6.54. The Balaban J connectivity index is 1.40. The standard InChI is InChI=1S/C21H27N5OS2/c1-4-11(2)9-15-12(3)29-20-17(15)19(27)22-16(23-20)10-28-21-25-24-18(13-5-6-13)26(21)14-7-8-14/h11,13-14H,4-10H2,1-3H3,(H,22,23,27)/t11-/m1/s1. The summed E-state index contributed by atoms with van der Waals surface area (Å²) in [6.07, 6.45) is 6.96. The van der Waals surface area contributed by atoms with E-state index in [9.17, 15) is 4.79 Å². The van der Waals surface area contributed by atoms with Gasteiger partial charge in [-0.05, 0) is 50.5 Å². The van der Waals surface area contributed by atoms with Gasteiger partial charge >= 0.3 is 0 Å². The van der Waals surface area contributed by atoms with Crippen LogP contribution < -0.4 is 5.56 Å². The molecule has 6 nitrogen and oxygen atoms in total. The van der Waals surface area contributed by atoms with Crippen LogP contribution in [0.2, 0.25) is 0 Å². The van der Waals surface area contributed by atoms with Crippen LogP contribution in [0.3, 0.4) is 0 Å². The Bertz CT molecular complexity index is 1110. The van der Waals surface area contributed by atoms with Crippen molar-refractivity contribution in [3.05, 3.63) is 32.4 Å². The van der Waals surface area contributed by atoms with Gasteiger partial charge in [-0.25, -0.2) is 4.98 Å². The SMILES string of the molecule is CC[C@@H](C)Cc1c(C)sc2nc(CSc3nnc(C4CC4)n3C3CC3)[nH]c(=O)c12. The van der Waals surface area contributed by atoms with E-state index in [-0.39, 0.29) is 5.56 Å². The molecule has 154 valence electrons. The summed E-state index contributed by atoms with van der Waals surface area (Å²) < 4.78 is 2.35. The summed E-state index contributed by atoms with van der Waals surface area (Å²) in [5.41, 5.74) is 1.17. The van der Waals surface area contributed by atoms with Gasteiger partial charge in [0.25, 0.3) is 5.56 Å². The lowest BCUT2D eigenvalue weighted by molar-refractivity contribution is 0.561. The molecule has 1 atom stereocenters. The molecule has 0 radical (unpaired) electrons. The van der Waals surface area contributed by atoms with Gasteiger partial charge in [-0.2, -0.15) is 0 Å². The molecule has 8 heteroatoms. The number of fused-ring (bicyclic) bond motifs is 1. The molecule has 1 N–H and O–H groups in total. The third-order valence-corrected chi connectivity index (χ3v) is 8.04. The lowest BCUT2D eigenvalue weighted by Crippen LogP contribution is -2.12. The third-order valence-electron chi connectivity index (χ3n) is 6.04. The van der Waals surface area contributed by atoms with Gasteiger partial charge < -0.3 is 9.55 Å². The first-order valence-corrected chi connectivity index (χ1v) is 12.4. The molecule has 5 rings (SSSR count). The molecular weight excluding hydrogens is 402 g/mol. The number of hydrogen-bond donors (Lipinski definition) is 1. The zero-order chi connectivity index (χ0) is 20.1. The summed E-state index contributed by atoms with van der Waals surface area (Å²) >= 11 is 3.28. The van der Waals surface area contributed by atoms with Crippen LogP contribution in [0.15, 0.2) is 9.95 Å². The van der Waals surface area contributed by atoms with E-state index in [0.29, 0.717) is 23.6 Å². The second kappa shape index (κ2) is 7.54. The Morgan fingerprint density at radius 2 is 2.07 bits per heavy atom. The van der Waals surface area contributed by atoms with E-state index in [4.69, 9.17) is 4.98 Å². The normalized spacial score (nSPS) is 17.9. The maximum Gasteiger partial charge on any atom is 0.259 e. The number of aromatic amines is 1. The van der Waals surface area contributed by atoms with Crippen molar-refractivity contribution in [2.75, 3.05) is 0 Å². The first-order valence-electron chi connectivity index (χ1n) is 10.6. The van der Waals surface area contributed by atoms with Gasteiger partial charge in [-0.3, -0.25) is 4.79 Å². The van der Waals surface area contributed by atoms with E-state index in [0.717, 1.165) is 39.9 Å². The van der Waals surface area contributed by atoms with Gasteiger partial charge in [0, 0.05) is 16.8 Å². The number of nitrogens with zero attached hydrogens (tertiary/aromatic N) is 4. The summed E-state index contributed by atoms with van der Waals surface area (Å²) in [5, 5.41) is 10.7. The minimum absolute atomic E-state index is 0.00409. The zero-order valence-electron chi connectivity index (χ0n) is 17.2. The number of hydrogen-bond acceptors (Lipinski definition) is 6. The fourth-order valence-electron chi connectivity index (χ4n) is 3.84. The molecule has 3 aromatic heterocycles. The summed E-state index contributed by atoms with van der Waals surface area (Å²) in [4.78, 5) is 22.8. The summed E-state index contributed by atoms with van der Waals surface area (Å²) in [5.74, 6) is 3.66. The highest BCUT2D eigenvalue weighted by Gasteiger charge is 2.36. The Labute approximate surface area is 178 Å². The average molecular weight is 430 g/mol. The fourth-order valence-corrected chi connectivity index (χ4v) is 5.80. The van der Waals surface area contributed by atoms with E-state index in [1.165, 1.54) is 36.1 Å². The second-order valence-corrected chi connectivity index (χ2v) is 10.7. The number of nitrogens with one attached hydrogen (secondary N) is 1. The van der Waals surface area contributed by atoms with Gasteiger partial charge in [0.15, 0.2) is 5.16 Å². The smallest absolute Gasteiger partial charge is 0.259 e. The molecule has 0 saturated heterocycles. The van der Waals surface area contributed by atoms with Gasteiger partial charge in [0.2, 0.25) is 0 Å². The van der Waals surface area contributed by atoms with Gasteiger partial charge in [0.1, 0.15) is 16.5 Å². The third kappa shape index (κ3) is 3.77. The topological polar surface area (TPSA) is 76.5 Å². The Hall–Kier alpha value is -1.67. The number of H-pyrrole nitrogens is 1. The lowest BCUT2D eigenvalue weighted by atomic mass is 9.98. The number of aromatic nitrogens is 5. The van der Waals surface area contributed by atoms with Crippen LogP contribution in [0.5, 0.6) is 0 Å². The molecule has 2 aliphatic rings. The van der Waals surface area contributed by atoms with Crippen LogP contribution in [0.4, 0.5) is 0 Å². The Kier molecular flexibility index (Phi) is 5.02. The molecule has 0 amide bonds. The molecule has 0 aliphatic heterocycles. The summed E-state index contributed by atoms with van der Waals surface area (Å²) in [7, 11) is 0. The van der Waals surface area contributed by atoms with Crippen LogP contribution in [-0.2, 0) is 12.2 Å². The highest BCUT2D eigenvalue weighted by atomic mass is 32.2. The zero-order valence-corrected chi connectivity index (χ0v) is 18.8. The van der Waals surface area contributed by atoms with E-state index in [2.05, 4.69) is 40.5 Å². The van der Waals surface area contributed by atoms with E-state index in [1.807, 2.05) is 0 Å². The number of thioether (sulfide) groups is 1. The van der Waals surface area contributed by atoms with Crippen molar-refractivity contribution < 1.29 is 0 Å². The van der Waals surface area contributed by atoms with Crippen molar-refractivity contribution in [3.63, 3.8) is 0 Å². The molecule has 3 heterocycles. The van der Waals surface area contributed by atoms with Crippen LogP contribution >= 0.6 is 23.1 Å². The van der Waals surface area contributed by atoms with Crippen LogP contribution in [0.1, 0.15) is 80.0 Å². The highest BCUT2D eigenvalue weighted by Crippen LogP contribution is 2.46. The highest BCUT2D eigenvalue weighted by molar-refractivity contribution is 7.98. The fraction of sp³-hybridized carbons (Fsp3) is 0.619. The van der Waals surface area contributed by atoms with Crippen LogP contribution in [0.25, 0.3) is 10.2 Å². The minimum Gasteiger partial charge on any atom is -0.309 e. The largest absolute Gasteiger partial charge is 0.309 e. The predicted octanol–water partition coefficient (Wildman–Crippen LogP) is 4.98. The van der Waals surface area contributed by atoms with Crippen molar-refractivity contribution >= 4 is 33.3 Å². The van der Waals surface area contributed by atoms with Crippen molar-refractivity contribution in [2.45, 2.75) is 82.2 Å². The first-order chi connectivity index (χ1) is 14.0. The maximum absolute atomic E-state index is 12.9. The van der Waals surface area contributed by atoms with E-state index in [1.54, 1.807) is 23.1 Å². The van der Waals surface area contributed by atoms with E-state index >= 15 is 0 Å². The van der Waals surface area contributed by atoms with Crippen molar-refractivity contribution in [2.24, 2.45) is 5.92 Å². The second-order valence-electron chi connectivity index (χ2n) is 8.55. The molecule has 2 saturated carbocycles. The summed E-state index contributed by atoms with van der Waals surface area (Å²) in [6, 6.07) is 0.570. The maximum atomic E-state index is 12.9. The van der Waals surface area contributed by atoms with Gasteiger partial charge in [-0.15, -0.1) is 21.5 Å². The van der Waals surface area contributed by atoms with Crippen molar-refractivity contribution in [1.82, 2.24) is 24.7 Å². The molecule has 0 bridgehead atoms. The Morgan fingerprint density at radius 1 is 1.28 bits per heavy atom. The Morgan fingerprint density at radius 3 is 2.76 bits per heavy atom. The van der Waals surface area contributed by atoms with Crippen LogP contribution in [0, 0.1) is 12.8 Å². The lowest BCUT2D eigenvalue weighted by Gasteiger charge is -2.09.